The van der Waals surface area contributed by atoms with Crippen molar-refractivity contribution in [2.45, 2.75) is 25.9 Å². The van der Waals surface area contributed by atoms with Crippen molar-refractivity contribution in [3.63, 3.8) is 0 Å². The zero-order valence-electron chi connectivity index (χ0n) is 12.9. The Kier molecular flexibility index (Phi) is 6.81. The maximum Gasteiger partial charge on any atom is 0.280 e. The predicted molar refractivity (Wildman–Crippen MR) is 95.6 cm³/mol. The van der Waals surface area contributed by atoms with Crippen molar-refractivity contribution in [3.05, 3.63) is 64.6 Å². The molecule has 1 amide bonds. The monoisotopic (exact) mass is 374 g/mol. The van der Waals surface area contributed by atoms with Crippen molar-refractivity contribution >= 4 is 28.1 Å². The Labute approximate surface area is 144 Å². The third kappa shape index (κ3) is 6.24. The van der Waals surface area contributed by atoms with Gasteiger partial charge >= 0.3 is 0 Å². The summed E-state index contributed by atoms with van der Waals surface area (Å²) in [7, 11) is 0. The number of hydrogen-bond donors (Lipinski definition) is 1. The first-order chi connectivity index (χ1) is 11.1. The van der Waals surface area contributed by atoms with Gasteiger partial charge in [-0.2, -0.15) is 5.10 Å². The Balaban J connectivity index is 1.72. The minimum Gasteiger partial charge on any atom is -0.481 e. The molecule has 23 heavy (non-hydrogen) atoms. The van der Waals surface area contributed by atoms with Crippen LogP contribution in [0.5, 0.6) is 5.75 Å². The molecule has 120 valence electrons. The first-order valence-corrected chi connectivity index (χ1v) is 8.22. The van der Waals surface area contributed by atoms with Crippen molar-refractivity contribution in [3.8, 4) is 5.75 Å². The molecule has 2 aromatic rings. The van der Waals surface area contributed by atoms with Crippen molar-refractivity contribution in [2.24, 2.45) is 5.10 Å². The van der Waals surface area contributed by atoms with E-state index in [9.17, 15) is 4.79 Å². The van der Waals surface area contributed by atoms with Crippen LogP contribution >= 0.6 is 15.9 Å². The van der Waals surface area contributed by atoms with E-state index in [4.69, 9.17) is 4.74 Å². The van der Waals surface area contributed by atoms with E-state index in [0.717, 1.165) is 17.3 Å². The van der Waals surface area contributed by atoms with E-state index in [1.165, 1.54) is 5.56 Å². The van der Waals surface area contributed by atoms with Gasteiger partial charge in [-0.3, -0.25) is 4.79 Å². The number of nitrogens with one attached hydrogen (secondary N) is 1. The lowest BCUT2D eigenvalue weighted by atomic mass is 10.1. The van der Waals surface area contributed by atoms with E-state index in [-0.39, 0.29) is 5.91 Å². The van der Waals surface area contributed by atoms with Crippen molar-refractivity contribution in [1.82, 2.24) is 5.43 Å². The number of carbonyl (C=O) groups excluding carboxylic acids is 1. The fourth-order valence-corrected chi connectivity index (χ4v) is 2.32. The molecule has 2 rings (SSSR count). The highest BCUT2D eigenvalue weighted by molar-refractivity contribution is 9.10. The maximum absolute atomic E-state index is 11.9. The second kappa shape index (κ2) is 9.10. The van der Waals surface area contributed by atoms with Gasteiger partial charge in [-0.05, 0) is 43.5 Å². The molecule has 2 aromatic carbocycles. The van der Waals surface area contributed by atoms with Gasteiger partial charge in [-0.1, -0.05) is 52.3 Å². The first kappa shape index (κ1) is 17.2. The zero-order chi connectivity index (χ0) is 16.5. The summed E-state index contributed by atoms with van der Waals surface area (Å²) >= 11 is 3.36. The maximum atomic E-state index is 11.9. The molecule has 0 aliphatic heterocycles. The van der Waals surface area contributed by atoms with Gasteiger partial charge in [0.05, 0.1) is 0 Å². The molecule has 1 atom stereocenters. The molecule has 0 saturated carbocycles. The number of amides is 1. The van der Waals surface area contributed by atoms with E-state index in [2.05, 4.69) is 38.6 Å². The highest BCUT2D eigenvalue weighted by Crippen LogP contribution is 2.18. The van der Waals surface area contributed by atoms with Crippen LogP contribution in [0.2, 0.25) is 0 Å². The molecule has 5 heteroatoms. The number of hydrazone groups is 1. The van der Waals surface area contributed by atoms with Gasteiger partial charge in [0.15, 0.2) is 6.10 Å². The molecule has 0 aliphatic rings. The van der Waals surface area contributed by atoms with Crippen molar-refractivity contribution in [1.29, 1.82) is 0 Å². The van der Waals surface area contributed by atoms with Crippen LogP contribution in [0.4, 0.5) is 0 Å². The Hall–Kier alpha value is -2.14. The number of nitrogens with zero attached hydrogens (tertiary/aromatic N) is 1. The number of hydrogen-bond acceptors (Lipinski definition) is 3. The molecule has 0 heterocycles. The SMILES string of the molecule is C[C@H](Oc1cccc(Br)c1)C(=O)N/N=C\CCc1ccccc1. The van der Waals surface area contributed by atoms with Crippen LogP contribution in [0.1, 0.15) is 18.9 Å². The average Bonchev–Trinajstić information content (AvgIpc) is 2.55. The van der Waals surface area contributed by atoms with Gasteiger partial charge in [0.25, 0.3) is 5.91 Å². The van der Waals surface area contributed by atoms with Crippen LogP contribution in [-0.2, 0) is 11.2 Å². The summed E-state index contributed by atoms with van der Waals surface area (Å²) in [6.45, 7) is 1.69. The summed E-state index contributed by atoms with van der Waals surface area (Å²) in [6, 6.07) is 17.5. The van der Waals surface area contributed by atoms with E-state index in [1.54, 1.807) is 19.2 Å². The lowest BCUT2D eigenvalue weighted by Gasteiger charge is -2.12. The molecular formula is C18H19BrN2O2. The summed E-state index contributed by atoms with van der Waals surface area (Å²) in [5.74, 6) is 0.357. The normalized spacial score (nSPS) is 12.1. The highest BCUT2D eigenvalue weighted by atomic mass is 79.9. The van der Waals surface area contributed by atoms with Crippen molar-refractivity contribution in [2.75, 3.05) is 0 Å². The highest BCUT2D eigenvalue weighted by Gasteiger charge is 2.13. The van der Waals surface area contributed by atoms with Crippen LogP contribution < -0.4 is 10.2 Å². The smallest absolute Gasteiger partial charge is 0.280 e. The number of aryl methyl sites for hydroxylation is 1. The molecule has 4 nitrogen and oxygen atoms in total. The largest absolute Gasteiger partial charge is 0.481 e. The number of rotatable bonds is 7. The predicted octanol–water partition coefficient (Wildman–Crippen LogP) is 3.95. The number of carbonyl (C=O) groups is 1. The molecule has 0 aromatic heterocycles. The summed E-state index contributed by atoms with van der Waals surface area (Å²) < 4.78 is 6.47. The van der Waals surface area contributed by atoms with Crippen LogP contribution in [0.3, 0.4) is 0 Å². The number of benzene rings is 2. The Morgan fingerprint density at radius 3 is 2.78 bits per heavy atom. The quantitative estimate of drug-likeness (QED) is 0.589. The van der Waals surface area contributed by atoms with Crippen LogP contribution in [0.15, 0.2) is 64.2 Å². The summed E-state index contributed by atoms with van der Waals surface area (Å²) in [4.78, 5) is 11.9. The molecule has 0 fully saturated rings. The molecule has 0 unspecified atom stereocenters. The molecule has 0 saturated heterocycles. The van der Waals surface area contributed by atoms with Gasteiger partial charge in [-0.15, -0.1) is 0 Å². The van der Waals surface area contributed by atoms with Gasteiger partial charge in [0.2, 0.25) is 0 Å². The second-order valence-corrected chi connectivity index (χ2v) is 5.95. The second-order valence-electron chi connectivity index (χ2n) is 5.03. The number of ether oxygens (including phenoxy) is 1. The molecule has 0 aliphatic carbocycles. The summed E-state index contributed by atoms with van der Waals surface area (Å²) in [5.41, 5.74) is 3.74. The Morgan fingerprint density at radius 2 is 2.04 bits per heavy atom. The van der Waals surface area contributed by atoms with E-state index >= 15 is 0 Å². The van der Waals surface area contributed by atoms with Crippen LogP contribution in [0.25, 0.3) is 0 Å². The van der Waals surface area contributed by atoms with Gasteiger partial charge in [0.1, 0.15) is 5.75 Å². The van der Waals surface area contributed by atoms with Crippen molar-refractivity contribution < 1.29 is 9.53 Å². The van der Waals surface area contributed by atoms with E-state index in [1.807, 2.05) is 36.4 Å². The van der Waals surface area contributed by atoms with Crippen LogP contribution in [0, 0.1) is 0 Å². The third-order valence-corrected chi connectivity index (χ3v) is 3.64. The minimum absolute atomic E-state index is 0.277. The molecular weight excluding hydrogens is 356 g/mol. The van der Waals surface area contributed by atoms with E-state index in [0.29, 0.717) is 5.75 Å². The molecule has 0 bridgehead atoms. The average molecular weight is 375 g/mol. The molecule has 0 radical (unpaired) electrons. The lowest BCUT2D eigenvalue weighted by molar-refractivity contribution is -0.127. The third-order valence-electron chi connectivity index (χ3n) is 3.15. The molecule has 0 spiro atoms. The minimum atomic E-state index is -0.615. The Morgan fingerprint density at radius 1 is 1.26 bits per heavy atom. The Bertz CT molecular complexity index is 659. The van der Waals surface area contributed by atoms with Gasteiger partial charge in [0, 0.05) is 10.7 Å². The topological polar surface area (TPSA) is 50.7 Å². The summed E-state index contributed by atoms with van der Waals surface area (Å²) in [6.07, 6.45) is 2.75. The fraction of sp³-hybridized carbons (Fsp3) is 0.222. The van der Waals surface area contributed by atoms with E-state index < -0.39 is 6.10 Å². The molecule has 1 N–H and O–H groups in total. The fourth-order valence-electron chi connectivity index (χ4n) is 1.94. The van der Waals surface area contributed by atoms with Gasteiger partial charge in [-0.25, -0.2) is 5.43 Å². The zero-order valence-corrected chi connectivity index (χ0v) is 14.5. The van der Waals surface area contributed by atoms with Crippen LogP contribution in [-0.4, -0.2) is 18.2 Å². The standard InChI is InChI=1S/C18H19BrN2O2/c1-14(23-17-11-5-10-16(19)13-17)18(22)21-20-12-6-9-15-7-3-2-4-8-15/h2-5,7-8,10-14H,6,9H2,1H3,(H,21,22)/b20-12-/t14-/m0/s1. The summed E-state index contributed by atoms with van der Waals surface area (Å²) in [5, 5.41) is 3.95. The number of halogens is 1. The first-order valence-electron chi connectivity index (χ1n) is 7.42. The lowest BCUT2D eigenvalue weighted by Crippen LogP contribution is -2.33. The van der Waals surface area contributed by atoms with Gasteiger partial charge < -0.3 is 4.74 Å².